The van der Waals surface area contributed by atoms with E-state index in [0.717, 1.165) is 13.0 Å². The Hall–Kier alpha value is -0.0800. The molecule has 0 bridgehead atoms. The van der Waals surface area contributed by atoms with Gasteiger partial charge in [-0.05, 0) is 18.3 Å². The van der Waals surface area contributed by atoms with E-state index in [0.29, 0.717) is 11.8 Å². The minimum atomic E-state index is 0.103. The normalized spacial score (nSPS) is 41.7. The molecule has 0 amide bonds. The van der Waals surface area contributed by atoms with Gasteiger partial charge in [0.15, 0.2) is 0 Å². The van der Waals surface area contributed by atoms with Gasteiger partial charge in [-0.1, -0.05) is 13.8 Å². The zero-order valence-electron chi connectivity index (χ0n) is 6.71. The Morgan fingerprint density at radius 2 is 2.10 bits per heavy atom. The van der Waals surface area contributed by atoms with Crippen LogP contribution in [-0.4, -0.2) is 24.4 Å². The highest BCUT2D eigenvalue weighted by atomic mass is 16.5. The van der Waals surface area contributed by atoms with E-state index in [2.05, 4.69) is 13.8 Å². The Morgan fingerprint density at radius 3 is 2.60 bits per heavy atom. The van der Waals surface area contributed by atoms with E-state index in [4.69, 9.17) is 9.84 Å². The minimum absolute atomic E-state index is 0.103. The van der Waals surface area contributed by atoms with Crippen LogP contribution in [0.3, 0.4) is 0 Å². The maximum absolute atomic E-state index is 8.77. The van der Waals surface area contributed by atoms with E-state index >= 15 is 0 Å². The van der Waals surface area contributed by atoms with Gasteiger partial charge in [-0.3, -0.25) is 0 Å². The number of ether oxygens (including phenoxy) is 1. The average molecular weight is 144 g/mol. The van der Waals surface area contributed by atoms with Gasteiger partial charge in [0.25, 0.3) is 0 Å². The topological polar surface area (TPSA) is 29.5 Å². The van der Waals surface area contributed by atoms with Crippen molar-refractivity contribution >= 4 is 0 Å². The molecule has 60 valence electrons. The van der Waals surface area contributed by atoms with Crippen LogP contribution in [0.5, 0.6) is 0 Å². The SMILES string of the molecule is CC1CC(CO)OC[C@@H]1C. The first-order valence-electron chi connectivity index (χ1n) is 3.96. The molecule has 2 heteroatoms. The highest BCUT2D eigenvalue weighted by Crippen LogP contribution is 2.24. The largest absolute Gasteiger partial charge is 0.394 e. The number of hydrogen-bond donors (Lipinski definition) is 1. The summed E-state index contributed by atoms with van der Waals surface area (Å²) in [6.45, 7) is 5.40. The molecule has 1 N–H and O–H groups in total. The molecule has 1 aliphatic rings. The van der Waals surface area contributed by atoms with Crippen molar-refractivity contribution in [3.63, 3.8) is 0 Å². The van der Waals surface area contributed by atoms with E-state index in [1.807, 2.05) is 0 Å². The van der Waals surface area contributed by atoms with Crippen molar-refractivity contribution in [1.29, 1.82) is 0 Å². The van der Waals surface area contributed by atoms with E-state index in [1.54, 1.807) is 0 Å². The molecule has 1 fully saturated rings. The van der Waals surface area contributed by atoms with Gasteiger partial charge in [-0.2, -0.15) is 0 Å². The van der Waals surface area contributed by atoms with Crippen LogP contribution in [0.1, 0.15) is 20.3 Å². The van der Waals surface area contributed by atoms with Crippen LogP contribution < -0.4 is 0 Å². The molecule has 1 rings (SSSR count). The Morgan fingerprint density at radius 1 is 1.40 bits per heavy atom. The molecule has 0 spiro atoms. The van der Waals surface area contributed by atoms with E-state index < -0.39 is 0 Å². The Labute approximate surface area is 62.2 Å². The van der Waals surface area contributed by atoms with Crippen molar-refractivity contribution in [3.8, 4) is 0 Å². The summed E-state index contributed by atoms with van der Waals surface area (Å²) < 4.78 is 5.36. The van der Waals surface area contributed by atoms with Gasteiger partial charge in [0.2, 0.25) is 0 Å². The first-order valence-corrected chi connectivity index (χ1v) is 3.96. The third-order valence-corrected chi connectivity index (χ3v) is 2.40. The third kappa shape index (κ3) is 1.70. The summed E-state index contributed by atoms with van der Waals surface area (Å²) in [6, 6.07) is 0. The lowest BCUT2D eigenvalue weighted by Crippen LogP contribution is -2.32. The van der Waals surface area contributed by atoms with Crippen molar-refractivity contribution in [2.24, 2.45) is 11.8 Å². The predicted octanol–water partition coefficient (Wildman–Crippen LogP) is 1.04. The molecule has 0 aliphatic carbocycles. The van der Waals surface area contributed by atoms with E-state index in [-0.39, 0.29) is 12.7 Å². The van der Waals surface area contributed by atoms with Gasteiger partial charge < -0.3 is 9.84 Å². The molecule has 1 saturated heterocycles. The van der Waals surface area contributed by atoms with Crippen LogP contribution in [-0.2, 0) is 4.74 Å². The molecule has 0 aromatic carbocycles. The van der Waals surface area contributed by atoms with Crippen LogP contribution in [0.4, 0.5) is 0 Å². The molecule has 2 unspecified atom stereocenters. The summed E-state index contributed by atoms with van der Waals surface area (Å²) in [5.41, 5.74) is 0. The first-order chi connectivity index (χ1) is 4.74. The van der Waals surface area contributed by atoms with Crippen molar-refractivity contribution in [1.82, 2.24) is 0 Å². The first kappa shape index (κ1) is 8.02. The molecule has 0 aromatic rings. The quantitative estimate of drug-likeness (QED) is 0.596. The highest BCUT2D eigenvalue weighted by Gasteiger charge is 2.24. The molecule has 0 saturated carbocycles. The van der Waals surface area contributed by atoms with Crippen LogP contribution >= 0.6 is 0 Å². The Kier molecular flexibility index (Phi) is 2.69. The van der Waals surface area contributed by atoms with Crippen LogP contribution in [0.15, 0.2) is 0 Å². The zero-order chi connectivity index (χ0) is 7.56. The number of rotatable bonds is 1. The summed E-state index contributed by atoms with van der Waals surface area (Å²) in [4.78, 5) is 0. The third-order valence-electron chi connectivity index (χ3n) is 2.40. The van der Waals surface area contributed by atoms with Gasteiger partial charge in [-0.25, -0.2) is 0 Å². The standard InChI is InChI=1S/C8H16O2/c1-6-3-8(4-9)10-5-7(6)2/h6-9H,3-5H2,1-2H3/t6?,7-,8?/m0/s1. The minimum Gasteiger partial charge on any atom is -0.394 e. The fourth-order valence-corrected chi connectivity index (χ4v) is 1.29. The number of hydrogen-bond acceptors (Lipinski definition) is 2. The highest BCUT2D eigenvalue weighted by molar-refractivity contribution is 4.72. The molecular weight excluding hydrogens is 128 g/mol. The second kappa shape index (κ2) is 3.35. The summed E-state index contributed by atoms with van der Waals surface area (Å²) >= 11 is 0. The van der Waals surface area contributed by atoms with Crippen LogP contribution in [0.25, 0.3) is 0 Å². The molecule has 0 aromatic heterocycles. The van der Waals surface area contributed by atoms with Gasteiger partial charge in [0.05, 0.1) is 12.7 Å². The lowest BCUT2D eigenvalue weighted by molar-refractivity contribution is -0.0602. The number of aliphatic hydroxyl groups is 1. The maximum atomic E-state index is 8.77. The Bertz CT molecular complexity index is 103. The molecule has 1 heterocycles. The van der Waals surface area contributed by atoms with Gasteiger partial charge in [0, 0.05) is 6.61 Å². The molecule has 3 atom stereocenters. The summed E-state index contributed by atoms with van der Waals surface area (Å²) in [7, 11) is 0. The fourth-order valence-electron chi connectivity index (χ4n) is 1.29. The molecule has 1 aliphatic heterocycles. The van der Waals surface area contributed by atoms with Gasteiger partial charge in [0.1, 0.15) is 0 Å². The smallest absolute Gasteiger partial charge is 0.0808 e. The molecule has 10 heavy (non-hydrogen) atoms. The summed E-state index contributed by atoms with van der Waals surface area (Å²) in [5, 5.41) is 8.77. The summed E-state index contributed by atoms with van der Waals surface area (Å²) in [5.74, 6) is 1.36. The van der Waals surface area contributed by atoms with E-state index in [9.17, 15) is 0 Å². The molecular formula is C8H16O2. The lowest BCUT2D eigenvalue weighted by atomic mass is 9.89. The zero-order valence-corrected chi connectivity index (χ0v) is 6.71. The average Bonchev–Trinajstić information content (AvgIpc) is 1.95. The van der Waals surface area contributed by atoms with Gasteiger partial charge in [-0.15, -0.1) is 0 Å². The van der Waals surface area contributed by atoms with Crippen molar-refractivity contribution in [3.05, 3.63) is 0 Å². The van der Waals surface area contributed by atoms with Gasteiger partial charge >= 0.3 is 0 Å². The lowest BCUT2D eigenvalue weighted by Gasteiger charge is -2.31. The number of aliphatic hydroxyl groups excluding tert-OH is 1. The fraction of sp³-hybridized carbons (Fsp3) is 1.00. The van der Waals surface area contributed by atoms with Crippen molar-refractivity contribution in [2.45, 2.75) is 26.4 Å². The summed E-state index contributed by atoms with van der Waals surface area (Å²) in [6.07, 6.45) is 1.11. The van der Waals surface area contributed by atoms with Crippen molar-refractivity contribution < 1.29 is 9.84 Å². The molecule has 2 nitrogen and oxygen atoms in total. The van der Waals surface area contributed by atoms with E-state index in [1.165, 1.54) is 0 Å². The van der Waals surface area contributed by atoms with Crippen LogP contribution in [0, 0.1) is 11.8 Å². The second-order valence-corrected chi connectivity index (χ2v) is 3.33. The predicted molar refractivity (Wildman–Crippen MR) is 39.8 cm³/mol. The second-order valence-electron chi connectivity index (χ2n) is 3.33. The Balaban J connectivity index is 2.33. The van der Waals surface area contributed by atoms with Crippen LogP contribution in [0.2, 0.25) is 0 Å². The van der Waals surface area contributed by atoms with Crippen molar-refractivity contribution in [2.75, 3.05) is 13.2 Å². The maximum Gasteiger partial charge on any atom is 0.0808 e. The molecule has 0 radical (unpaired) electrons. The monoisotopic (exact) mass is 144 g/mol.